The Morgan fingerprint density at radius 1 is 0.574 bits per heavy atom. The topological polar surface area (TPSA) is 51.6 Å². The van der Waals surface area contributed by atoms with E-state index in [1.165, 1.54) is 44.4 Å². The first-order valence-electron chi connectivity index (χ1n) is 18.3. The molecule has 1 aromatic heterocycles. The minimum atomic E-state index is -2.38. The number of rotatable bonds is 10. The molecule has 0 aliphatic heterocycles. The van der Waals surface area contributed by atoms with Gasteiger partial charge in [-0.1, -0.05) is 36.4 Å². The Kier molecular flexibility index (Phi) is 12.0. The van der Waals surface area contributed by atoms with Crippen LogP contribution in [0.1, 0.15) is 44.2 Å². The second-order valence-corrected chi connectivity index (χ2v) is 17.0. The van der Waals surface area contributed by atoms with Gasteiger partial charge in [-0.15, -0.1) is 0 Å². The van der Waals surface area contributed by atoms with Gasteiger partial charge in [-0.3, -0.25) is 0 Å². The first kappa shape index (κ1) is 36.9. The summed E-state index contributed by atoms with van der Waals surface area (Å²) in [4.78, 5) is 0. The van der Waals surface area contributed by atoms with Gasteiger partial charge in [0.25, 0.3) is 0 Å². The molecule has 1 saturated carbocycles. The quantitative estimate of drug-likeness (QED) is 0.102. The van der Waals surface area contributed by atoms with Crippen LogP contribution in [-0.4, -0.2) is 20.4 Å². The molecule has 0 saturated heterocycles. The molecule has 0 atom stereocenters. The SMILES string of the molecule is CC=C1CCCC1=CC(/C=C/c1ccc(-c2nnc(-c3ccc(/C=C/C)cc3)nn2)cc1)=C([C]#[Os])[P+](c1ccccc1)(c1ccccc1)c1ccccc1. The third kappa shape index (κ3) is 7.92. The van der Waals surface area contributed by atoms with E-state index in [1.54, 1.807) is 0 Å². The fourth-order valence-corrected chi connectivity index (χ4v) is 12.9. The second kappa shape index (κ2) is 17.6. The summed E-state index contributed by atoms with van der Waals surface area (Å²) in [6.45, 7) is 4.17. The van der Waals surface area contributed by atoms with Crippen molar-refractivity contribution >= 4 is 35.3 Å². The molecule has 5 aromatic carbocycles. The third-order valence-electron chi connectivity index (χ3n) is 9.74. The molecule has 0 amide bonds. The fraction of sp³-hybridized carbons (Fsp3) is 0.104. The Hall–Kier alpha value is -5.41. The molecule has 6 aromatic rings. The third-order valence-corrected chi connectivity index (χ3v) is 15.1. The predicted molar refractivity (Wildman–Crippen MR) is 224 cm³/mol. The standard InChI is InChI=1S/C48H41N4P.Os/c1-4-16-37-25-30-40(31-26-37)47-49-51-48(52-50-47)41-32-27-38(28-33-41)29-34-42(35-43-18-15-17-39(43)5-2)36(3)53(44-19-9-6-10-20-44,45-21-11-7-12-22-45)46-23-13-8-14-24-46;/h4-14,16,19-35H,15,17-18H2,1-2H3;/q+1;/b16-4+,34-29+,39-5?,42-36?,43-35?;. The van der Waals surface area contributed by atoms with Gasteiger partial charge >= 0.3 is 271 Å². The first-order chi connectivity index (χ1) is 26.6. The van der Waals surface area contributed by atoms with Crippen molar-refractivity contribution < 1.29 is 17.9 Å². The Bertz CT molecular complexity index is 2290. The van der Waals surface area contributed by atoms with Crippen molar-refractivity contribution in [1.82, 2.24) is 20.4 Å². The van der Waals surface area contributed by atoms with Crippen LogP contribution in [0.4, 0.5) is 0 Å². The van der Waals surface area contributed by atoms with Crippen molar-refractivity contribution in [3.05, 3.63) is 197 Å². The Balaban J connectivity index is 1.31. The van der Waals surface area contributed by atoms with Crippen LogP contribution >= 0.6 is 7.26 Å². The van der Waals surface area contributed by atoms with E-state index in [-0.39, 0.29) is 0 Å². The first-order valence-corrected chi connectivity index (χ1v) is 21.3. The maximum absolute atomic E-state index is 4.43. The molecular weight excluding hydrogens is 854 g/mol. The van der Waals surface area contributed by atoms with E-state index in [4.69, 9.17) is 0 Å². The summed E-state index contributed by atoms with van der Waals surface area (Å²) in [5, 5.41) is 22.8. The Morgan fingerprint density at radius 2 is 1.02 bits per heavy atom. The van der Waals surface area contributed by atoms with Crippen LogP contribution in [0.2, 0.25) is 0 Å². The molecule has 1 heterocycles. The van der Waals surface area contributed by atoms with Gasteiger partial charge in [0.2, 0.25) is 5.82 Å². The van der Waals surface area contributed by atoms with Crippen LogP contribution in [0, 0.1) is 4.37 Å². The molecule has 1 aliphatic rings. The second-order valence-electron chi connectivity index (χ2n) is 13.0. The van der Waals surface area contributed by atoms with Crippen LogP contribution in [0.15, 0.2) is 186 Å². The van der Waals surface area contributed by atoms with E-state index < -0.39 is 7.26 Å². The monoisotopic (exact) mass is 896 g/mol. The fourth-order valence-electron chi connectivity index (χ4n) is 7.09. The zero-order valence-corrected chi connectivity index (χ0v) is 33.9. The summed E-state index contributed by atoms with van der Waals surface area (Å²) in [7, 11) is -2.38. The van der Waals surface area contributed by atoms with Crippen molar-refractivity contribution in [2.24, 2.45) is 0 Å². The number of aromatic nitrogens is 4. The molecule has 0 unspecified atom stereocenters. The average Bonchev–Trinajstić information content (AvgIpc) is 3.70. The van der Waals surface area contributed by atoms with E-state index in [0.717, 1.165) is 35.1 Å². The Labute approximate surface area is 329 Å². The van der Waals surface area contributed by atoms with Crippen molar-refractivity contribution in [2.75, 3.05) is 0 Å². The molecule has 0 bridgehead atoms. The summed E-state index contributed by atoms with van der Waals surface area (Å²) >= 11 is 1.82. The number of nitrogens with zero attached hydrogens (tertiary/aromatic N) is 4. The molecule has 7 rings (SSSR count). The maximum atomic E-state index is 4.43. The Morgan fingerprint density at radius 3 is 1.44 bits per heavy atom. The van der Waals surface area contributed by atoms with Crippen molar-refractivity contribution in [1.29, 1.82) is 0 Å². The summed E-state index contributed by atoms with van der Waals surface area (Å²) in [6, 6.07) is 49.5. The van der Waals surface area contributed by atoms with Crippen LogP contribution < -0.4 is 15.9 Å². The van der Waals surface area contributed by atoms with Crippen molar-refractivity contribution in [2.45, 2.75) is 33.1 Å². The van der Waals surface area contributed by atoms with Gasteiger partial charge in [0.15, 0.2) is 0 Å². The molecule has 1 aliphatic carbocycles. The zero-order valence-electron chi connectivity index (χ0n) is 30.5. The number of allylic oxidation sites excluding steroid dienone is 8. The molecule has 265 valence electrons. The summed E-state index contributed by atoms with van der Waals surface area (Å²) in [5.41, 5.74) is 7.97. The van der Waals surface area contributed by atoms with Gasteiger partial charge < -0.3 is 0 Å². The van der Waals surface area contributed by atoms with E-state index in [9.17, 15) is 0 Å². The molecule has 0 spiro atoms. The van der Waals surface area contributed by atoms with E-state index in [2.05, 4.69) is 165 Å². The van der Waals surface area contributed by atoms with Gasteiger partial charge in [-0.05, 0) is 12.5 Å². The van der Waals surface area contributed by atoms with E-state index >= 15 is 0 Å². The van der Waals surface area contributed by atoms with Gasteiger partial charge in [0.05, 0.1) is 0 Å². The van der Waals surface area contributed by atoms with Crippen LogP contribution in [0.25, 0.3) is 34.9 Å². The van der Waals surface area contributed by atoms with Gasteiger partial charge in [-0.2, -0.15) is 0 Å². The van der Waals surface area contributed by atoms with Crippen LogP contribution in [0.5, 0.6) is 0 Å². The van der Waals surface area contributed by atoms with Gasteiger partial charge in [0.1, 0.15) is 0 Å². The molecular formula is C48H41N4OsP+. The molecule has 0 N–H and O–H groups in total. The summed E-state index contributed by atoms with van der Waals surface area (Å²) in [5.74, 6) is 0.996. The molecule has 54 heavy (non-hydrogen) atoms. The van der Waals surface area contributed by atoms with Crippen LogP contribution in [0.3, 0.4) is 0 Å². The average molecular weight is 895 g/mol. The normalized spacial score (nSPS) is 15.2. The van der Waals surface area contributed by atoms with Crippen molar-refractivity contribution in [3.8, 4) is 27.1 Å². The predicted octanol–water partition coefficient (Wildman–Crippen LogP) is 10.5. The summed E-state index contributed by atoms with van der Waals surface area (Å²) in [6.07, 6.45) is 16.7. The van der Waals surface area contributed by atoms with E-state index in [1.807, 2.05) is 67.3 Å². The van der Waals surface area contributed by atoms with E-state index in [0.29, 0.717) is 11.6 Å². The van der Waals surface area contributed by atoms with Gasteiger partial charge in [0, 0.05) is 5.56 Å². The zero-order chi connectivity index (χ0) is 37.2. The van der Waals surface area contributed by atoms with Crippen LogP contribution in [-0.2, 0) is 17.9 Å². The number of hydrogen-bond acceptors (Lipinski definition) is 4. The van der Waals surface area contributed by atoms with Gasteiger partial charge in [-0.25, -0.2) is 0 Å². The molecule has 1 fully saturated rings. The number of hydrogen-bond donors (Lipinski definition) is 0. The summed E-state index contributed by atoms with van der Waals surface area (Å²) < 4.78 is 3.84. The molecule has 0 radical (unpaired) electrons. The molecule has 6 heteroatoms. The minimum absolute atomic E-state index is 0.492. The number of benzene rings is 5. The van der Waals surface area contributed by atoms with Crippen molar-refractivity contribution in [3.63, 3.8) is 0 Å². The molecule has 4 nitrogen and oxygen atoms in total.